The van der Waals surface area contributed by atoms with Crippen molar-refractivity contribution in [1.29, 1.82) is 5.41 Å². The van der Waals surface area contributed by atoms with Crippen molar-refractivity contribution in [2.24, 2.45) is 5.73 Å². The third-order valence-corrected chi connectivity index (χ3v) is 3.58. The van der Waals surface area contributed by atoms with Crippen LogP contribution >= 0.6 is 11.3 Å². The molecule has 0 fully saturated rings. The van der Waals surface area contributed by atoms with E-state index in [0.29, 0.717) is 5.13 Å². The minimum Gasteiger partial charge on any atom is -0.396 e. The Morgan fingerprint density at radius 2 is 2.53 bits per heavy atom. The quantitative estimate of drug-likeness (QED) is 0.444. The first-order valence-electron chi connectivity index (χ1n) is 4.92. The van der Waals surface area contributed by atoms with Crippen LogP contribution in [-0.2, 0) is 6.42 Å². The number of aliphatic hydroxyl groups is 1. The van der Waals surface area contributed by atoms with Crippen molar-refractivity contribution in [2.45, 2.75) is 25.2 Å². The zero-order valence-corrected chi connectivity index (χ0v) is 9.10. The first-order chi connectivity index (χ1) is 7.20. The van der Waals surface area contributed by atoms with Crippen molar-refractivity contribution in [2.75, 3.05) is 11.9 Å². The molecule has 0 saturated carbocycles. The zero-order chi connectivity index (χ0) is 10.8. The average molecular weight is 226 g/mol. The van der Waals surface area contributed by atoms with Crippen LogP contribution in [0.3, 0.4) is 0 Å². The Hall–Kier alpha value is -1.14. The Morgan fingerprint density at radius 1 is 1.73 bits per heavy atom. The van der Waals surface area contributed by atoms with Gasteiger partial charge in [-0.3, -0.25) is 5.41 Å². The lowest BCUT2D eigenvalue weighted by atomic mass is 9.92. The molecule has 1 atom stereocenters. The summed E-state index contributed by atoms with van der Waals surface area (Å²) in [5, 5.41) is 19.7. The van der Waals surface area contributed by atoms with E-state index in [0.717, 1.165) is 25.0 Å². The topological polar surface area (TPSA) is 95.0 Å². The summed E-state index contributed by atoms with van der Waals surface area (Å²) >= 11 is 1.53. The lowest BCUT2D eigenvalue weighted by Gasteiger charge is -2.18. The molecule has 0 saturated heterocycles. The molecule has 0 radical (unpaired) electrons. The number of aliphatic hydroxyl groups excluding tert-OH is 1. The highest BCUT2D eigenvalue weighted by Gasteiger charge is 2.24. The molecule has 6 heteroatoms. The zero-order valence-electron chi connectivity index (χ0n) is 8.29. The predicted molar refractivity (Wildman–Crippen MR) is 60.4 cm³/mol. The van der Waals surface area contributed by atoms with Crippen LogP contribution in [0.4, 0.5) is 5.13 Å². The van der Waals surface area contributed by atoms with Gasteiger partial charge in [-0.15, -0.1) is 11.3 Å². The van der Waals surface area contributed by atoms with Crippen LogP contribution in [0.15, 0.2) is 0 Å². The van der Waals surface area contributed by atoms with Gasteiger partial charge in [-0.1, -0.05) is 0 Å². The molecule has 5 nitrogen and oxygen atoms in total. The van der Waals surface area contributed by atoms with Gasteiger partial charge in [0.1, 0.15) is 0 Å². The van der Waals surface area contributed by atoms with E-state index in [4.69, 9.17) is 11.1 Å². The van der Waals surface area contributed by atoms with E-state index in [2.05, 4.69) is 10.3 Å². The number of nitrogens with two attached hydrogens (primary N) is 1. The van der Waals surface area contributed by atoms with Crippen LogP contribution in [0.5, 0.6) is 0 Å². The summed E-state index contributed by atoms with van der Waals surface area (Å²) in [4.78, 5) is 5.58. The van der Waals surface area contributed by atoms with Crippen molar-refractivity contribution in [3.05, 3.63) is 10.6 Å². The first-order valence-corrected chi connectivity index (χ1v) is 5.74. The largest absolute Gasteiger partial charge is 0.396 e. The summed E-state index contributed by atoms with van der Waals surface area (Å²) in [6.45, 7) is 0.149. The van der Waals surface area contributed by atoms with Gasteiger partial charge in [-0.2, -0.15) is 0 Å². The number of fused-ring (bicyclic) bond motifs is 1. The molecule has 0 spiro atoms. The van der Waals surface area contributed by atoms with E-state index in [1.54, 1.807) is 0 Å². The predicted octanol–water partition coefficient (Wildman–Crippen LogP) is 0.861. The average Bonchev–Trinajstić information content (AvgIpc) is 2.58. The molecule has 0 aromatic carbocycles. The molecule has 15 heavy (non-hydrogen) atoms. The van der Waals surface area contributed by atoms with E-state index >= 15 is 0 Å². The summed E-state index contributed by atoms with van der Waals surface area (Å²) in [5.41, 5.74) is 6.22. The third-order valence-electron chi connectivity index (χ3n) is 2.53. The summed E-state index contributed by atoms with van der Waals surface area (Å²) < 4.78 is 0. The molecule has 1 aromatic rings. The number of anilines is 1. The number of nitrogens with one attached hydrogen (secondary N) is 2. The van der Waals surface area contributed by atoms with Gasteiger partial charge in [0.05, 0.1) is 12.3 Å². The lowest BCUT2D eigenvalue weighted by molar-refractivity contribution is 0.251. The maximum atomic E-state index is 9.21. The van der Waals surface area contributed by atoms with Crippen LogP contribution in [0.2, 0.25) is 0 Å². The fourth-order valence-electron chi connectivity index (χ4n) is 1.85. The smallest absolute Gasteiger partial charge is 0.192 e. The van der Waals surface area contributed by atoms with Crippen LogP contribution in [0.25, 0.3) is 0 Å². The minimum absolute atomic E-state index is 0.0957. The number of thiazole rings is 1. The van der Waals surface area contributed by atoms with Gasteiger partial charge in [0.2, 0.25) is 0 Å². The Bertz CT molecular complexity index is 376. The number of guanidine groups is 1. The Morgan fingerprint density at radius 3 is 3.20 bits per heavy atom. The van der Waals surface area contributed by atoms with Gasteiger partial charge in [0.15, 0.2) is 11.1 Å². The summed E-state index contributed by atoms with van der Waals surface area (Å²) in [5.74, 6) is 0.0640. The summed E-state index contributed by atoms with van der Waals surface area (Å²) in [7, 11) is 0. The van der Waals surface area contributed by atoms with Crippen LogP contribution in [0, 0.1) is 5.41 Å². The molecule has 1 heterocycles. The molecule has 1 aliphatic carbocycles. The molecule has 2 rings (SSSR count). The second-order valence-corrected chi connectivity index (χ2v) is 4.72. The number of hydrogen-bond acceptors (Lipinski definition) is 4. The third kappa shape index (κ3) is 2.10. The van der Waals surface area contributed by atoms with Crippen LogP contribution in [-0.4, -0.2) is 22.7 Å². The molecule has 0 amide bonds. The lowest BCUT2D eigenvalue weighted by Crippen LogP contribution is -2.20. The Balaban J connectivity index is 2.25. The van der Waals surface area contributed by atoms with Gasteiger partial charge in [0.25, 0.3) is 0 Å². The highest BCUT2D eigenvalue weighted by Crippen LogP contribution is 2.36. The monoisotopic (exact) mass is 226 g/mol. The minimum atomic E-state index is -0.0957. The molecular weight excluding hydrogens is 212 g/mol. The van der Waals surface area contributed by atoms with Gasteiger partial charge >= 0.3 is 0 Å². The van der Waals surface area contributed by atoms with Gasteiger partial charge in [0, 0.05) is 10.8 Å². The molecule has 82 valence electrons. The number of aryl methyl sites for hydroxylation is 1. The normalized spacial score (nSPS) is 19.7. The molecule has 0 aliphatic heterocycles. The van der Waals surface area contributed by atoms with Crippen LogP contribution < -0.4 is 11.1 Å². The van der Waals surface area contributed by atoms with E-state index < -0.39 is 0 Å². The molecule has 1 aromatic heterocycles. The van der Waals surface area contributed by atoms with E-state index in [9.17, 15) is 5.11 Å². The van der Waals surface area contributed by atoms with Crippen molar-refractivity contribution < 1.29 is 5.11 Å². The second kappa shape index (κ2) is 4.16. The summed E-state index contributed by atoms with van der Waals surface area (Å²) in [6.07, 6.45) is 3.11. The first kappa shape index (κ1) is 10.4. The molecule has 0 bridgehead atoms. The van der Waals surface area contributed by atoms with Crippen molar-refractivity contribution in [3.8, 4) is 0 Å². The second-order valence-electron chi connectivity index (χ2n) is 3.64. The fourth-order valence-corrected chi connectivity index (χ4v) is 2.96. The molecule has 1 aliphatic rings. The van der Waals surface area contributed by atoms with Crippen molar-refractivity contribution in [3.63, 3.8) is 0 Å². The Kier molecular flexibility index (Phi) is 2.88. The van der Waals surface area contributed by atoms with Gasteiger partial charge in [-0.05, 0) is 19.3 Å². The SMILES string of the molecule is N=C(N)Nc1nc2c(s1)CCCC2CO. The fraction of sp³-hybridized carbons (Fsp3) is 0.556. The number of nitrogens with zero attached hydrogens (tertiary/aromatic N) is 1. The standard InChI is InChI=1S/C9H14N4OS/c10-8(11)13-9-12-7-5(4-14)2-1-3-6(7)15-9/h5,14H,1-4H2,(H4,10,11,12,13). The van der Waals surface area contributed by atoms with Crippen molar-refractivity contribution >= 4 is 22.4 Å². The molecular formula is C9H14N4OS. The number of hydrogen-bond donors (Lipinski definition) is 4. The van der Waals surface area contributed by atoms with Crippen molar-refractivity contribution in [1.82, 2.24) is 4.98 Å². The van der Waals surface area contributed by atoms with E-state index in [1.807, 2.05) is 0 Å². The maximum Gasteiger partial charge on any atom is 0.192 e. The summed E-state index contributed by atoms with van der Waals surface area (Å²) in [6, 6.07) is 0. The van der Waals surface area contributed by atoms with Gasteiger partial charge < -0.3 is 16.2 Å². The van der Waals surface area contributed by atoms with Gasteiger partial charge in [-0.25, -0.2) is 4.98 Å². The highest BCUT2D eigenvalue weighted by molar-refractivity contribution is 7.15. The molecule has 5 N–H and O–H groups in total. The van der Waals surface area contributed by atoms with Crippen LogP contribution in [0.1, 0.15) is 29.3 Å². The van der Waals surface area contributed by atoms with E-state index in [1.165, 1.54) is 16.2 Å². The van der Waals surface area contributed by atoms with E-state index in [-0.39, 0.29) is 18.5 Å². The molecule has 1 unspecified atom stereocenters. The number of aromatic nitrogens is 1. The number of rotatable bonds is 2. The highest BCUT2D eigenvalue weighted by atomic mass is 32.1. The Labute approximate surface area is 91.8 Å². The maximum absolute atomic E-state index is 9.21.